The van der Waals surface area contributed by atoms with Crippen molar-refractivity contribution in [1.29, 1.82) is 5.26 Å². The Bertz CT molecular complexity index is 751. The molecule has 0 radical (unpaired) electrons. The molecule has 4 nitrogen and oxygen atoms in total. The van der Waals surface area contributed by atoms with Gasteiger partial charge in [-0.05, 0) is 43.5 Å². The summed E-state index contributed by atoms with van der Waals surface area (Å²) in [7, 11) is 1.59. The zero-order chi connectivity index (χ0) is 14.2. The van der Waals surface area contributed by atoms with Crippen LogP contribution in [0.4, 0.5) is 0 Å². The first-order valence-electron chi connectivity index (χ1n) is 6.00. The molecule has 1 aromatic heterocycles. The maximum Gasteiger partial charge on any atom is 0.267 e. The van der Waals surface area contributed by atoms with Crippen LogP contribution in [0.3, 0.4) is 0 Å². The van der Waals surface area contributed by atoms with E-state index in [1.807, 2.05) is 32.9 Å². The van der Waals surface area contributed by atoms with Gasteiger partial charge in [-0.1, -0.05) is 6.07 Å². The van der Waals surface area contributed by atoms with E-state index in [0.29, 0.717) is 11.3 Å². The minimum atomic E-state index is -0.276. The fourth-order valence-corrected chi connectivity index (χ4v) is 2.04. The zero-order valence-electron chi connectivity index (χ0n) is 11.5. The number of nitrogens with zero attached hydrogens (tertiary/aromatic N) is 3. The van der Waals surface area contributed by atoms with E-state index in [0.717, 1.165) is 16.7 Å². The number of aromatic nitrogens is 2. The van der Waals surface area contributed by atoms with Crippen molar-refractivity contribution in [3.8, 4) is 17.3 Å². The second-order valence-corrected chi connectivity index (χ2v) is 4.73. The highest BCUT2D eigenvalue weighted by atomic mass is 16.1. The highest BCUT2D eigenvalue weighted by molar-refractivity contribution is 5.70. The van der Waals surface area contributed by atoms with E-state index in [9.17, 15) is 10.1 Å². The Morgan fingerprint density at radius 1 is 1.11 bits per heavy atom. The third kappa shape index (κ3) is 2.27. The van der Waals surface area contributed by atoms with Gasteiger partial charge in [-0.3, -0.25) is 4.79 Å². The molecular formula is C15H15N3O. The average Bonchev–Trinajstić information content (AvgIpc) is 2.36. The maximum absolute atomic E-state index is 11.5. The molecule has 0 aliphatic carbocycles. The summed E-state index contributed by atoms with van der Waals surface area (Å²) >= 11 is 0. The average molecular weight is 253 g/mol. The van der Waals surface area contributed by atoms with Crippen LogP contribution < -0.4 is 5.56 Å². The van der Waals surface area contributed by atoms with Gasteiger partial charge in [0.1, 0.15) is 11.8 Å². The molecule has 0 amide bonds. The van der Waals surface area contributed by atoms with E-state index < -0.39 is 0 Å². The molecule has 2 aromatic rings. The molecule has 0 saturated heterocycles. The Labute approximate surface area is 111 Å². The fourth-order valence-electron chi connectivity index (χ4n) is 2.04. The van der Waals surface area contributed by atoms with Crippen LogP contribution in [-0.4, -0.2) is 9.78 Å². The van der Waals surface area contributed by atoms with E-state index >= 15 is 0 Å². The van der Waals surface area contributed by atoms with E-state index in [1.54, 1.807) is 7.05 Å². The van der Waals surface area contributed by atoms with Crippen LogP contribution in [0, 0.1) is 32.1 Å². The van der Waals surface area contributed by atoms with Gasteiger partial charge in [0.25, 0.3) is 5.56 Å². The Morgan fingerprint density at radius 3 is 2.37 bits per heavy atom. The summed E-state index contributed by atoms with van der Waals surface area (Å²) in [5.41, 5.74) is 4.88. The molecule has 0 bridgehead atoms. The normalized spacial score (nSPS) is 10.3. The van der Waals surface area contributed by atoms with Crippen LogP contribution in [0.5, 0.6) is 0 Å². The second kappa shape index (κ2) is 4.69. The predicted molar refractivity (Wildman–Crippen MR) is 73.8 cm³/mol. The minimum absolute atomic E-state index is 0.276. The lowest BCUT2D eigenvalue weighted by Gasteiger charge is -2.11. The molecule has 0 atom stereocenters. The van der Waals surface area contributed by atoms with Gasteiger partial charge in [0, 0.05) is 18.7 Å². The summed E-state index contributed by atoms with van der Waals surface area (Å²) in [6.45, 7) is 6.05. The van der Waals surface area contributed by atoms with Crippen molar-refractivity contribution >= 4 is 0 Å². The summed E-state index contributed by atoms with van der Waals surface area (Å²) in [5, 5.41) is 13.4. The SMILES string of the molecule is Cc1cc(C)c(-c2nn(C)c(=O)cc2C#N)cc1C. The Hall–Kier alpha value is -2.41. The van der Waals surface area contributed by atoms with Crippen molar-refractivity contribution in [3.05, 3.63) is 50.8 Å². The molecule has 0 spiro atoms. The smallest absolute Gasteiger partial charge is 0.267 e. The van der Waals surface area contributed by atoms with Gasteiger partial charge in [0.2, 0.25) is 0 Å². The first kappa shape index (κ1) is 13.0. The predicted octanol–water partition coefficient (Wildman–Crippen LogP) is 2.24. The van der Waals surface area contributed by atoms with E-state index in [4.69, 9.17) is 0 Å². The Kier molecular flexibility index (Phi) is 3.22. The standard InChI is InChI=1S/C15H15N3O/c1-9-5-11(3)13(6-10(9)2)15-12(8-16)7-14(19)18(4)17-15/h5-7H,1-4H3. The van der Waals surface area contributed by atoms with Crippen molar-refractivity contribution in [3.63, 3.8) is 0 Å². The quantitative estimate of drug-likeness (QED) is 0.783. The van der Waals surface area contributed by atoms with E-state index in [2.05, 4.69) is 11.2 Å². The molecule has 0 aliphatic rings. The van der Waals surface area contributed by atoms with Gasteiger partial charge >= 0.3 is 0 Å². The van der Waals surface area contributed by atoms with Gasteiger partial charge in [-0.2, -0.15) is 10.4 Å². The molecule has 0 unspecified atom stereocenters. The van der Waals surface area contributed by atoms with Gasteiger partial charge in [-0.25, -0.2) is 4.68 Å². The first-order chi connectivity index (χ1) is 8.93. The molecule has 1 heterocycles. The molecule has 1 aromatic carbocycles. The molecule has 0 fully saturated rings. The van der Waals surface area contributed by atoms with Gasteiger partial charge in [0.05, 0.1) is 5.56 Å². The highest BCUT2D eigenvalue weighted by Gasteiger charge is 2.12. The van der Waals surface area contributed by atoms with Crippen LogP contribution in [0.2, 0.25) is 0 Å². The number of rotatable bonds is 1. The molecule has 4 heteroatoms. The van der Waals surface area contributed by atoms with Crippen molar-refractivity contribution in [2.24, 2.45) is 7.05 Å². The van der Waals surface area contributed by atoms with Crippen LogP contribution in [0.15, 0.2) is 23.0 Å². The first-order valence-corrected chi connectivity index (χ1v) is 6.00. The zero-order valence-corrected chi connectivity index (χ0v) is 11.5. The molecule has 2 rings (SSSR count). The minimum Gasteiger partial charge on any atom is -0.268 e. The lowest BCUT2D eigenvalue weighted by molar-refractivity contribution is 0.710. The third-order valence-electron chi connectivity index (χ3n) is 3.31. The van der Waals surface area contributed by atoms with Crippen LogP contribution in [0.1, 0.15) is 22.3 Å². The second-order valence-electron chi connectivity index (χ2n) is 4.73. The summed E-state index contributed by atoms with van der Waals surface area (Å²) in [6, 6.07) is 7.46. The van der Waals surface area contributed by atoms with E-state index in [-0.39, 0.29) is 5.56 Å². The summed E-state index contributed by atoms with van der Waals surface area (Å²) < 4.78 is 1.25. The monoisotopic (exact) mass is 253 g/mol. The number of benzene rings is 1. The van der Waals surface area contributed by atoms with Crippen molar-refractivity contribution < 1.29 is 0 Å². The third-order valence-corrected chi connectivity index (χ3v) is 3.31. The summed E-state index contributed by atoms with van der Waals surface area (Å²) in [4.78, 5) is 11.5. The lowest BCUT2D eigenvalue weighted by atomic mass is 9.97. The van der Waals surface area contributed by atoms with Crippen molar-refractivity contribution in [2.75, 3.05) is 0 Å². The number of nitriles is 1. The largest absolute Gasteiger partial charge is 0.268 e. The highest BCUT2D eigenvalue weighted by Crippen LogP contribution is 2.26. The summed E-state index contributed by atoms with van der Waals surface area (Å²) in [5.74, 6) is 0. The Balaban J connectivity index is 2.79. The van der Waals surface area contributed by atoms with Crippen LogP contribution in [-0.2, 0) is 7.05 Å². The van der Waals surface area contributed by atoms with Crippen LogP contribution >= 0.6 is 0 Å². The summed E-state index contributed by atoms with van der Waals surface area (Å²) in [6.07, 6.45) is 0. The van der Waals surface area contributed by atoms with E-state index in [1.165, 1.54) is 16.3 Å². The van der Waals surface area contributed by atoms with Gasteiger partial charge in [0.15, 0.2) is 0 Å². The Morgan fingerprint density at radius 2 is 1.74 bits per heavy atom. The maximum atomic E-state index is 11.5. The number of hydrogen-bond acceptors (Lipinski definition) is 3. The molecule has 0 aliphatic heterocycles. The molecule has 0 N–H and O–H groups in total. The van der Waals surface area contributed by atoms with Crippen molar-refractivity contribution in [2.45, 2.75) is 20.8 Å². The number of aryl methyl sites for hydroxylation is 4. The molecular weight excluding hydrogens is 238 g/mol. The molecule has 96 valence electrons. The molecule has 0 saturated carbocycles. The number of hydrogen-bond donors (Lipinski definition) is 0. The topological polar surface area (TPSA) is 58.7 Å². The fraction of sp³-hybridized carbons (Fsp3) is 0.267. The molecule has 19 heavy (non-hydrogen) atoms. The van der Waals surface area contributed by atoms with Gasteiger partial charge in [-0.15, -0.1) is 0 Å². The van der Waals surface area contributed by atoms with Crippen molar-refractivity contribution in [1.82, 2.24) is 9.78 Å². The lowest BCUT2D eigenvalue weighted by Crippen LogP contribution is -2.20. The van der Waals surface area contributed by atoms with Crippen LogP contribution in [0.25, 0.3) is 11.3 Å². The van der Waals surface area contributed by atoms with Gasteiger partial charge < -0.3 is 0 Å².